The van der Waals surface area contributed by atoms with Gasteiger partial charge in [0.15, 0.2) is 0 Å². The number of likely N-dealkylation sites (tertiary alicyclic amines) is 1. The molecule has 1 aromatic carbocycles. The van der Waals surface area contributed by atoms with Crippen LogP contribution in [0.15, 0.2) is 24.3 Å². The van der Waals surface area contributed by atoms with Crippen molar-refractivity contribution in [1.82, 2.24) is 15.1 Å². The number of benzene rings is 1. The Morgan fingerprint density at radius 3 is 2.63 bits per heavy atom. The summed E-state index contributed by atoms with van der Waals surface area (Å²) in [6.07, 6.45) is 5.14. The molecule has 1 atom stereocenters. The number of aromatic hydroxyl groups is 1. The van der Waals surface area contributed by atoms with E-state index in [1.54, 1.807) is 18.2 Å². The monoisotopic (exact) mass is 415 g/mol. The molecule has 0 spiro atoms. The van der Waals surface area contributed by atoms with Gasteiger partial charge in [0.1, 0.15) is 12.4 Å². The van der Waals surface area contributed by atoms with Gasteiger partial charge in [0, 0.05) is 26.2 Å². The molecule has 1 aliphatic carbocycles. The number of rotatable bonds is 8. The third-order valence-corrected chi connectivity index (χ3v) is 6.42. The second-order valence-electron chi connectivity index (χ2n) is 9.07. The van der Waals surface area contributed by atoms with E-state index < -0.39 is 0 Å². The van der Waals surface area contributed by atoms with Crippen LogP contribution < -0.4 is 5.32 Å². The summed E-state index contributed by atoms with van der Waals surface area (Å²) in [6.45, 7) is 5.37. The van der Waals surface area contributed by atoms with Crippen molar-refractivity contribution < 1.29 is 19.4 Å². The smallest absolute Gasteiger partial charge is 0.248 e. The third kappa shape index (κ3) is 6.19. The first-order valence-electron chi connectivity index (χ1n) is 11.2. The normalized spacial score (nSPS) is 23.5. The van der Waals surface area contributed by atoms with Crippen molar-refractivity contribution in [1.29, 1.82) is 0 Å². The summed E-state index contributed by atoms with van der Waals surface area (Å²) < 4.78 is 5.64. The molecule has 0 radical (unpaired) electrons. The van der Waals surface area contributed by atoms with Crippen LogP contribution in [0.25, 0.3) is 0 Å². The summed E-state index contributed by atoms with van der Waals surface area (Å²) in [7, 11) is 0. The summed E-state index contributed by atoms with van der Waals surface area (Å²) in [5.74, 6) is 1.59. The first-order chi connectivity index (χ1) is 14.5. The number of ether oxygens (including phenoxy) is 1. The van der Waals surface area contributed by atoms with E-state index in [9.17, 15) is 14.7 Å². The average molecular weight is 416 g/mol. The quantitative estimate of drug-likeness (QED) is 0.671. The van der Waals surface area contributed by atoms with Crippen LogP contribution in [-0.2, 0) is 20.7 Å². The van der Waals surface area contributed by atoms with Gasteiger partial charge in [0.2, 0.25) is 11.8 Å². The number of nitrogens with one attached hydrogen (secondary N) is 1. The zero-order valence-corrected chi connectivity index (χ0v) is 17.6. The molecular weight excluding hydrogens is 382 g/mol. The van der Waals surface area contributed by atoms with Crippen LogP contribution in [0.1, 0.15) is 31.2 Å². The van der Waals surface area contributed by atoms with Crippen LogP contribution in [-0.4, -0.2) is 78.7 Å². The maximum atomic E-state index is 12.3. The van der Waals surface area contributed by atoms with Crippen molar-refractivity contribution >= 4 is 11.8 Å². The fourth-order valence-corrected chi connectivity index (χ4v) is 4.45. The molecule has 2 amide bonds. The first kappa shape index (κ1) is 21.1. The fourth-order valence-electron chi connectivity index (χ4n) is 4.45. The maximum Gasteiger partial charge on any atom is 0.248 e. The van der Waals surface area contributed by atoms with Crippen LogP contribution in [0.3, 0.4) is 0 Å². The molecule has 1 saturated carbocycles. The van der Waals surface area contributed by atoms with Crippen LogP contribution >= 0.6 is 0 Å². The number of phenols is 1. The maximum absolute atomic E-state index is 12.3. The van der Waals surface area contributed by atoms with E-state index in [1.165, 1.54) is 19.4 Å². The van der Waals surface area contributed by atoms with Crippen molar-refractivity contribution in [3.8, 4) is 5.75 Å². The molecule has 2 N–H and O–H groups in total. The highest BCUT2D eigenvalue weighted by molar-refractivity contribution is 5.79. The largest absolute Gasteiger partial charge is 0.508 e. The van der Waals surface area contributed by atoms with Gasteiger partial charge in [-0.05, 0) is 68.3 Å². The molecule has 3 aliphatic rings. The molecule has 30 heavy (non-hydrogen) atoms. The molecule has 1 aromatic rings. The van der Waals surface area contributed by atoms with Crippen molar-refractivity contribution in [3.63, 3.8) is 0 Å². The molecule has 7 nitrogen and oxygen atoms in total. The van der Waals surface area contributed by atoms with E-state index in [1.807, 2.05) is 11.0 Å². The summed E-state index contributed by atoms with van der Waals surface area (Å²) in [5.41, 5.74) is 0.766. The highest BCUT2D eigenvalue weighted by Gasteiger charge is 2.31. The topological polar surface area (TPSA) is 82.1 Å². The van der Waals surface area contributed by atoms with Crippen molar-refractivity contribution in [2.45, 2.75) is 38.2 Å². The Bertz CT molecular complexity index is 744. The zero-order valence-electron chi connectivity index (χ0n) is 17.6. The van der Waals surface area contributed by atoms with Gasteiger partial charge in [-0.3, -0.25) is 9.59 Å². The molecule has 2 heterocycles. The Hall–Kier alpha value is -2.12. The Morgan fingerprint density at radius 1 is 1.13 bits per heavy atom. The van der Waals surface area contributed by atoms with Gasteiger partial charge in [0.25, 0.3) is 0 Å². The number of phenolic OH excluding ortho intramolecular Hbond substituents is 1. The molecule has 4 rings (SSSR count). The van der Waals surface area contributed by atoms with Crippen LogP contribution in [0.5, 0.6) is 5.75 Å². The van der Waals surface area contributed by atoms with Crippen molar-refractivity contribution in [2.75, 3.05) is 45.9 Å². The number of amides is 2. The summed E-state index contributed by atoms with van der Waals surface area (Å²) >= 11 is 0. The summed E-state index contributed by atoms with van der Waals surface area (Å²) in [6, 6.07) is 6.71. The molecule has 164 valence electrons. The van der Waals surface area contributed by atoms with Gasteiger partial charge in [-0.1, -0.05) is 12.1 Å². The molecule has 7 heteroatoms. The number of hydrogen-bond acceptors (Lipinski definition) is 5. The molecule has 3 fully saturated rings. The van der Waals surface area contributed by atoms with Gasteiger partial charge in [-0.15, -0.1) is 0 Å². The van der Waals surface area contributed by atoms with E-state index in [4.69, 9.17) is 4.74 Å². The van der Waals surface area contributed by atoms with Crippen molar-refractivity contribution in [3.05, 3.63) is 29.8 Å². The highest BCUT2D eigenvalue weighted by Crippen LogP contribution is 2.31. The van der Waals surface area contributed by atoms with E-state index >= 15 is 0 Å². The predicted octanol–water partition coefficient (Wildman–Crippen LogP) is 1.40. The van der Waals surface area contributed by atoms with E-state index in [0.717, 1.165) is 44.0 Å². The second-order valence-corrected chi connectivity index (χ2v) is 9.07. The predicted molar refractivity (Wildman–Crippen MR) is 113 cm³/mol. The van der Waals surface area contributed by atoms with Crippen molar-refractivity contribution in [2.24, 2.45) is 11.8 Å². The average Bonchev–Trinajstić information content (AvgIpc) is 3.54. The number of carbonyl (C=O) groups excluding carboxylic acids is 2. The first-order valence-corrected chi connectivity index (χ1v) is 11.2. The Labute approximate surface area is 178 Å². The fraction of sp³-hybridized carbons (Fsp3) is 0.652. The SMILES string of the molecule is O=C(Cc1cccc(O)c1)NC[C@H]1CN(CC2CCN(CC3CC3)CC2)C(=O)CO1. The van der Waals surface area contributed by atoms with Crippen LogP contribution in [0.2, 0.25) is 0 Å². The highest BCUT2D eigenvalue weighted by atomic mass is 16.5. The van der Waals surface area contributed by atoms with E-state index in [-0.39, 0.29) is 36.7 Å². The minimum atomic E-state index is -0.175. The second kappa shape index (κ2) is 9.79. The number of hydrogen-bond donors (Lipinski definition) is 2. The lowest BCUT2D eigenvalue weighted by Gasteiger charge is -2.38. The molecule has 0 unspecified atom stereocenters. The van der Waals surface area contributed by atoms with E-state index in [2.05, 4.69) is 10.2 Å². The zero-order chi connectivity index (χ0) is 20.9. The van der Waals surface area contributed by atoms with Crippen LogP contribution in [0.4, 0.5) is 0 Å². The minimum Gasteiger partial charge on any atom is -0.508 e. The number of piperidine rings is 1. The third-order valence-electron chi connectivity index (χ3n) is 6.42. The lowest BCUT2D eigenvalue weighted by molar-refractivity contribution is -0.150. The molecule has 2 saturated heterocycles. The molecular formula is C23H33N3O4. The molecule has 0 bridgehead atoms. The lowest BCUT2D eigenvalue weighted by atomic mass is 9.95. The number of carbonyl (C=O) groups is 2. The molecule has 0 aromatic heterocycles. The minimum absolute atomic E-state index is 0.0535. The summed E-state index contributed by atoms with van der Waals surface area (Å²) in [5, 5.41) is 12.4. The van der Waals surface area contributed by atoms with Gasteiger partial charge < -0.3 is 25.0 Å². The Kier molecular flexibility index (Phi) is 6.89. The van der Waals surface area contributed by atoms with Gasteiger partial charge in [0.05, 0.1) is 12.5 Å². The standard InChI is InChI=1S/C23H33N3O4/c27-20-3-1-2-19(10-20)11-22(28)24-12-21-15-26(23(29)16-30-21)14-18-6-8-25(9-7-18)13-17-4-5-17/h1-3,10,17-18,21,27H,4-9,11-16H2,(H,24,28)/t21-/m0/s1. The lowest BCUT2D eigenvalue weighted by Crippen LogP contribution is -2.52. The van der Waals surface area contributed by atoms with Crippen LogP contribution in [0, 0.1) is 11.8 Å². The molecule has 2 aliphatic heterocycles. The number of nitrogens with zero attached hydrogens (tertiary/aromatic N) is 2. The van der Waals surface area contributed by atoms with Gasteiger partial charge in [-0.25, -0.2) is 0 Å². The van der Waals surface area contributed by atoms with E-state index in [0.29, 0.717) is 19.0 Å². The van der Waals surface area contributed by atoms with Gasteiger partial charge in [-0.2, -0.15) is 0 Å². The Balaban J connectivity index is 1.18. The summed E-state index contributed by atoms with van der Waals surface area (Å²) in [4.78, 5) is 29.0. The Morgan fingerprint density at radius 2 is 1.90 bits per heavy atom. The number of morpholine rings is 1. The van der Waals surface area contributed by atoms with Gasteiger partial charge >= 0.3 is 0 Å².